The van der Waals surface area contributed by atoms with Crippen LogP contribution in [0.2, 0.25) is 0 Å². The zero-order chi connectivity index (χ0) is 14.9. The van der Waals surface area contributed by atoms with Gasteiger partial charge in [-0.25, -0.2) is 0 Å². The van der Waals surface area contributed by atoms with Crippen LogP contribution in [0.1, 0.15) is 51.9 Å². The summed E-state index contributed by atoms with van der Waals surface area (Å²) < 4.78 is 5.68. The van der Waals surface area contributed by atoms with Crippen LogP contribution in [0.5, 0.6) is 0 Å². The molecule has 3 atom stereocenters. The van der Waals surface area contributed by atoms with Crippen molar-refractivity contribution >= 4 is 0 Å². The van der Waals surface area contributed by atoms with Gasteiger partial charge in [-0.15, -0.1) is 0 Å². The standard InChI is InChI=1S/C17H31NO3/c1-13-5-7-17(20,8-6-13)12-18-9-10-21-11-15(18)14-3-2-4-16(14)19/h13-16,19-20H,2-12H2,1H3. The molecule has 21 heavy (non-hydrogen) atoms. The van der Waals surface area contributed by atoms with Crippen molar-refractivity contribution in [2.75, 3.05) is 26.3 Å². The highest BCUT2D eigenvalue weighted by Gasteiger charge is 2.41. The summed E-state index contributed by atoms with van der Waals surface area (Å²) >= 11 is 0. The van der Waals surface area contributed by atoms with Gasteiger partial charge in [-0.3, -0.25) is 4.90 Å². The van der Waals surface area contributed by atoms with E-state index in [-0.39, 0.29) is 6.10 Å². The molecule has 3 fully saturated rings. The first-order valence-corrected chi connectivity index (χ1v) is 8.80. The van der Waals surface area contributed by atoms with Gasteiger partial charge in [0.15, 0.2) is 0 Å². The number of morpholine rings is 1. The Bertz CT molecular complexity index is 341. The molecule has 122 valence electrons. The molecule has 0 bridgehead atoms. The van der Waals surface area contributed by atoms with Gasteiger partial charge in [0.05, 0.1) is 24.9 Å². The van der Waals surface area contributed by atoms with Crippen molar-refractivity contribution in [2.45, 2.75) is 69.6 Å². The highest BCUT2D eigenvalue weighted by atomic mass is 16.5. The summed E-state index contributed by atoms with van der Waals surface area (Å²) in [5.74, 6) is 1.08. The van der Waals surface area contributed by atoms with E-state index in [1.54, 1.807) is 0 Å². The number of hydrogen-bond donors (Lipinski definition) is 2. The average Bonchev–Trinajstić information content (AvgIpc) is 2.89. The molecule has 3 rings (SSSR count). The molecule has 1 heterocycles. The van der Waals surface area contributed by atoms with E-state index in [9.17, 15) is 10.2 Å². The Hall–Kier alpha value is -0.160. The lowest BCUT2D eigenvalue weighted by Gasteiger charge is -2.45. The lowest BCUT2D eigenvalue weighted by Crippen LogP contribution is -2.56. The Morgan fingerprint density at radius 3 is 2.62 bits per heavy atom. The zero-order valence-electron chi connectivity index (χ0n) is 13.3. The van der Waals surface area contributed by atoms with Gasteiger partial charge in [-0.05, 0) is 44.4 Å². The normalized spacial score (nSPS) is 45.9. The average molecular weight is 297 g/mol. The van der Waals surface area contributed by atoms with E-state index in [1.807, 2.05) is 0 Å². The van der Waals surface area contributed by atoms with E-state index >= 15 is 0 Å². The second kappa shape index (κ2) is 6.53. The molecule has 0 aromatic heterocycles. The third-order valence-electron chi connectivity index (χ3n) is 6.01. The number of nitrogens with zero attached hydrogens (tertiary/aromatic N) is 1. The van der Waals surface area contributed by atoms with Crippen LogP contribution in [0.3, 0.4) is 0 Å². The maximum absolute atomic E-state index is 10.9. The quantitative estimate of drug-likeness (QED) is 0.834. The molecule has 0 amide bonds. The highest BCUT2D eigenvalue weighted by molar-refractivity contribution is 4.94. The molecule has 0 radical (unpaired) electrons. The number of β-amino-alcohol motifs (C(OH)–C–C–N with tert-alkyl or cyclic N) is 1. The molecule has 2 saturated carbocycles. The maximum Gasteiger partial charge on any atom is 0.0774 e. The monoisotopic (exact) mass is 297 g/mol. The van der Waals surface area contributed by atoms with Crippen molar-refractivity contribution < 1.29 is 14.9 Å². The van der Waals surface area contributed by atoms with E-state index in [4.69, 9.17) is 4.74 Å². The van der Waals surface area contributed by atoms with Crippen molar-refractivity contribution in [3.63, 3.8) is 0 Å². The third-order valence-corrected chi connectivity index (χ3v) is 6.01. The molecule has 0 aromatic rings. The van der Waals surface area contributed by atoms with Gasteiger partial charge >= 0.3 is 0 Å². The van der Waals surface area contributed by atoms with E-state index in [0.29, 0.717) is 18.6 Å². The Morgan fingerprint density at radius 2 is 1.95 bits per heavy atom. The van der Waals surface area contributed by atoms with Gasteiger partial charge in [0, 0.05) is 25.0 Å². The van der Waals surface area contributed by atoms with Crippen LogP contribution in [0.4, 0.5) is 0 Å². The minimum atomic E-state index is -0.522. The Balaban J connectivity index is 1.64. The molecule has 3 aliphatic rings. The first-order chi connectivity index (χ1) is 10.1. The number of rotatable bonds is 3. The van der Waals surface area contributed by atoms with E-state index in [2.05, 4.69) is 11.8 Å². The Morgan fingerprint density at radius 1 is 1.19 bits per heavy atom. The van der Waals surface area contributed by atoms with Crippen molar-refractivity contribution in [1.82, 2.24) is 4.90 Å². The van der Waals surface area contributed by atoms with Crippen LogP contribution in [-0.4, -0.2) is 59.2 Å². The minimum absolute atomic E-state index is 0.180. The summed E-state index contributed by atoms with van der Waals surface area (Å²) in [7, 11) is 0. The molecule has 0 spiro atoms. The second-order valence-electron chi connectivity index (χ2n) is 7.68. The smallest absolute Gasteiger partial charge is 0.0774 e. The minimum Gasteiger partial charge on any atom is -0.393 e. The van der Waals surface area contributed by atoms with Gasteiger partial charge in [-0.2, -0.15) is 0 Å². The number of aliphatic hydroxyl groups is 2. The van der Waals surface area contributed by atoms with Gasteiger partial charge in [-0.1, -0.05) is 13.3 Å². The summed E-state index contributed by atoms with van der Waals surface area (Å²) in [6, 6.07) is 0.291. The fourth-order valence-corrected chi connectivity index (χ4v) is 4.50. The lowest BCUT2D eigenvalue weighted by atomic mass is 9.79. The number of ether oxygens (including phenoxy) is 1. The largest absolute Gasteiger partial charge is 0.393 e. The van der Waals surface area contributed by atoms with Gasteiger partial charge in [0.2, 0.25) is 0 Å². The number of hydrogen-bond acceptors (Lipinski definition) is 4. The Kier molecular flexibility index (Phi) is 4.89. The summed E-state index contributed by atoms with van der Waals surface area (Å²) in [6.45, 7) is 5.41. The fraction of sp³-hybridized carbons (Fsp3) is 1.00. The summed E-state index contributed by atoms with van der Waals surface area (Å²) in [4.78, 5) is 2.42. The van der Waals surface area contributed by atoms with E-state index < -0.39 is 5.60 Å². The highest BCUT2D eigenvalue weighted by Crippen LogP contribution is 2.36. The summed E-state index contributed by atoms with van der Waals surface area (Å²) in [5.41, 5.74) is -0.522. The molecule has 2 aliphatic carbocycles. The molecule has 4 nitrogen and oxygen atoms in total. The van der Waals surface area contributed by atoms with Crippen LogP contribution in [0.15, 0.2) is 0 Å². The summed E-state index contributed by atoms with van der Waals surface area (Å²) in [6.07, 6.45) is 7.09. The molecule has 1 aliphatic heterocycles. The predicted octanol–water partition coefficient (Wildman–Crippen LogP) is 1.79. The van der Waals surface area contributed by atoms with Gasteiger partial charge < -0.3 is 14.9 Å². The zero-order valence-corrected chi connectivity index (χ0v) is 13.3. The topological polar surface area (TPSA) is 52.9 Å². The first-order valence-electron chi connectivity index (χ1n) is 8.80. The maximum atomic E-state index is 10.9. The third kappa shape index (κ3) is 3.61. The summed E-state index contributed by atoms with van der Waals surface area (Å²) in [5, 5.41) is 21.1. The first kappa shape index (κ1) is 15.7. The predicted molar refractivity (Wildman–Crippen MR) is 82.1 cm³/mol. The van der Waals surface area contributed by atoms with Crippen LogP contribution >= 0.6 is 0 Å². The number of aliphatic hydroxyl groups excluding tert-OH is 1. The molecule has 2 N–H and O–H groups in total. The van der Waals surface area contributed by atoms with Gasteiger partial charge in [0.25, 0.3) is 0 Å². The molecular weight excluding hydrogens is 266 g/mol. The molecule has 3 unspecified atom stereocenters. The van der Waals surface area contributed by atoms with E-state index in [0.717, 1.165) is 70.6 Å². The van der Waals surface area contributed by atoms with Crippen LogP contribution in [-0.2, 0) is 4.74 Å². The van der Waals surface area contributed by atoms with Crippen LogP contribution in [0, 0.1) is 11.8 Å². The molecule has 4 heteroatoms. The van der Waals surface area contributed by atoms with Crippen LogP contribution in [0.25, 0.3) is 0 Å². The van der Waals surface area contributed by atoms with Crippen molar-refractivity contribution in [3.05, 3.63) is 0 Å². The van der Waals surface area contributed by atoms with Crippen molar-refractivity contribution in [1.29, 1.82) is 0 Å². The van der Waals surface area contributed by atoms with E-state index in [1.165, 1.54) is 0 Å². The fourth-order valence-electron chi connectivity index (χ4n) is 4.50. The van der Waals surface area contributed by atoms with Gasteiger partial charge in [0.1, 0.15) is 0 Å². The van der Waals surface area contributed by atoms with Crippen LogP contribution < -0.4 is 0 Å². The molecule has 0 aromatic carbocycles. The Labute approximate surface area is 128 Å². The molecular formula is C17H31NO3. The second-order valence-corrected chi connectivity index (χ2v) is 7.68. The SMILES string of the molecule is CC1CCC(O)(CN2CCOCC2C2CCCC2O)CC1. The lowest BCUT2D eigenvalue weighted by molar-refractivity contribution is -0.0980. The molecule has 1 saturated heterocycles. The van der Waals surface area contributed by atoms with Crippen molar-refractivity contribution in [2.24, 2.45) is 11.8 Å². The van der Waals surface area contributed by atoms with Crippen molar-refractivity contribution in [3.8, 4) is 0 Å².